The monoisotopic (exact) mass is 515 g/mol. The summed E-state index contributed by atoms with van der Waals surface area (Å²) in [5.74, 6) is -0.499. The van der Waals surface area contributed by atoms with Crippen LogP contribution in [0.2, 0.25) is 5.02 Å². The third-order valence-electron chi connectivity index (χ3n) is 5.36. The number of aromatic nitrogens is 1. The lowest BCUT2D eigenvalue weighted by molar-refractivity contribution is 0.102. The first-order valence-corrected chi connectivity index (χ1v) is 13.1. The Bertz CT molecular complexity index is 1590. The standard InChI is InChI=1S/C24H22ClN3O4S2/c1-4-28-20-10-8-17(13-21(20)33-24(28)30)26-23(29)16-7-9-18(25)22(12-16)34(31,32)27-19-11-14(2)5-6-15(19)3/h5-13,27H,4H2,1-3H3,(H,26,29). The minimum Gasteiger partial charge on any atom is -0.322 e. The summed E-state index contributed by atoms with van der Waals surface area (Å²) >= 11 is 7.30. The second-order valence-corrected chi connectivity index (χ2v) is 10.9. The summed E-state index contributed by atoms with van der Waals surface area (Å²) in [6.07, 6.45) is 0. The predicted molar refractivity (Wildman–Crippen MR) is 138 cm³/mol. The number of anilines is 2. The normalized spacial score (nSPS) is 11.5. The van der Waals surface area contributed by atoms with Crippen LogP contribution in [0.3, 0.4) is 0 Å². The predicted octanol–water partition coefficient (Wildman–Crippen LogP) is 5.41. The van der Waals surface area contributed by atoms with Gasteiger partial charge in [-0.3, -0.25) is 18.9 Å². The molecular weight excluding hydrogens is 494 g/mol. The molecule has 1 aromatic heterocycles. The number of hydrogen-bond donors (Lipinski definition) is 2. The number of hydrogen-bond acceptors (Lipinski definition) is 5. The van der Waals surface area contributed by atoms with Gasteiger partial charge in [0.2, 0.25) is 0 Å². The summed E-state index contributed by atoms with van der Waals surface area (Å²) in [7, 11) is -4.04. The Balaban J connectivity index is 1.62. The minimum atomic E-state index is -4.04. The van der Waals surface area contributed by atoms with Crippen molar-refractivity contribution in [3.8, 4) is 0 Å². The van der Waals surface area contributed by atoms with Crippen LogP contribution < -0.4 is 14.9 Å². The molecule has 0 atom stereocenters. The molecule has 34 heavy (non-hydrogen) atoms. The van der Waals surface area contributed by atoms with Crippen LogP contribution in [0.4, 0.5) is 11.4 Å². The molecule has 0 radical (unpaired) electrons. The van der Waals surface area contributed by atoms with Crippen LogP contribution in [-0.4, -0.2) is 18.9 Å². The Hall–Kier alpha value is -3.14. The van der Waals surface area contributed by atoms with Gasteiger partial charge >= 0.3 is 4.87 Å². The largest absolute Gasteiger partial charge is 0.322 e. The molecule has 10 heteroatoms. The van der Waals surface area contributed by atoms with E-state index in [1.807, 2.05) is 26.0 Å². The van der Waals surface area contributed by atoms with Crippen LogP contribution in [0.1, 0.15) is 28.4 Å². The first-order chi connectivity index (χ1) is 16.1. The molecule has 0 bridgehead atoms. The lowest BCUT2D eigenvalue weighted by atomic mass is 10.1. The van der Waals surface area contributed by atoms with Gasteiger partial charge in [-0.25, -0.2) is 8.42 Å². The van der Waals surface area contributed by atoms with Gasteiger partial charge in [0.25, 0.3) is 15.9 Å². The molecule has 0 aliphatic heterocycles. The number of amides is 1. The van der Waals surface area contributed by atoms with Crippen LogP contribution >= 0.6 is 22.9 Å². The highest BCUT2D eigenvalue weighted by atomic mass is 35.5. The Kier molecular flexibility index (Phi) is 6.53. The maximum atomic E-state index is 13.1. The molecule has 0 saturated heterocycles. The van der Waals surface area contributed by atoms with Crippen molar-refractivity contribution in [2.75, 3.05) is 10.0 Å². The highest BCUT2D eigenvalue weighted by Crippen LogP contribution is 2.28. The zero-order chi connectivity index (χ0) is 24.6. The zero-order valence-corrected chi connectivity index (χ0v) is 21.1. The van der Waals surface area contributed by atoms with Gasteiger partial charge in [-0.1, -0.05) is 35.1 Å². The fourth-order valence-electron chi connectivity index (χ4n) is 3.54. The van der Waals surface area contributed by atoms with E-state index in [1.54, 1.807) is 35.8 Å². The minimum absolute atomic E-state index is 0.00135. The number of rotatable bonds is 6. The molecule has 1 heterocycles. The summed E-state index contributed by atoms with van der Waals surface area (Å²) in [5.41, 5.74) is 3.53. The number of aryl methyl sites for hydroxylation is 3. The van der Waals surface area contributed by atoms with Crippen molar-refractivity contribution >= 4 is 60.5 Å². The molecule has 0 unspecified atom stereocenters. The average molecular weight is 516 g/mol. The fourth-order valence-corrected chi connectivity index (χ4v) is 6.19. The highest BCUT2D eigenvalue weighted by molar-refractivity contribution is 7.92. The van der Waals surface area contributed by atoms with E-state index >= 15 is 0 Å². The van der Waals surface area contributed by atoms with E-state index in [1.165, 1.54) is 18.2 Å². The molecule has 176 valence electrons. The number of benzene rings is 3. The quantitative estimate of drug-likeness (QED) is 0.359. The Labute approximate surface area is 206 Å². The molecule has 3 aromatic carbocycles. The summed E-state index contributed by atoms with van der Waals surface area (Å²) in [5, 5.41) is 2.76. The summed E-state index contributed by atoms with van der Waals surface area (Å²) in [6.45, 7) is 6.11. The zero-order valence-electron chi connectivity index (χ0n) is 18.7. The number of fused-ring (bicyclic) bond motifs is 1. The van der Waals surface area contributed by atoms with E-state index < -0.39 is 15.9 Å². The molecule has 4 aromatic rings. The van der Waals surface area contributed by atoms with Gasteiger partial charge in [-0.15, -0.1) is 0 Å². The average Bonchev–Trinajstić information content (AvgIpc) is 3.10. The summed E-state index contributed by atoms with van der Waals surface area (Å²) in [4.78, 5) is 24.7. The SMILES string of the molecule is CCn1c(=O)sc2cc(NC(=O)c3ccc(Cl)c(S(=O)(=O)Nc4cc(C)ccc4C)c3)ccc21. The smallest absolute Gasteiger partial charge is 0.308 e. The maximum Gasteiger partial charge on any atom is 0.308 e. The lowest BCUT2D eigenvalue weighted by Crippen LogP contribution is -2.17. The first kappa shape index (κ1) is 24.0. The number of carbonyl (C=O) groups is 1. The molecule has 0 aliphatic rings. The Morgan fingerprint density at radius 2 is 1.82 bits per heavy atom. The number of nitrogens with zero attached hydrogens (tertiary/aromatic N) is 1. The molecule has 7 nitrogen and oxygen atoms in total. The fraction of sp³-hybridized carbons (Fsp3) is 0.167. The van der Waals surface area contributed by atoms with Crippen LogP contribution in [0.15, 0.2) is 64.3 Å². The Morgan fingerprint density at radius 3 is 2.56 bits per heavy atom. The van der Waals surface area contributed by atoms with E-state index in [0.717, 1.165) is 32.7 Å². The van der Waals surface area contributed by atoms with Gasteiger partial charge in [0.1, 0.15) is 4.90 Å². The van der Waals surface area contributed by atoms with Crippen LogP contribution in [-0.2, 0) is 16.6 Å². The van der Waals surface area contributed by atoms with E-state index in [0.29, 0.717) is 17.9 Å². The van der Waals surface area contributed by atoms with Crippen LogP contribution in [0, 0.1) is 13.8 Å². The maximum absolute atomic E-state index is 13.1. The number of carbonyl (C=O) groups excluding carboxylic acids is 1. The van der Waals surface area contributed by atoms with Gasteiger partial charge in [0.15, 0.2) is 0 Å². The molecule has 0 fully saturated rings. The third-order valence-corrected chi connectivity index (χ3v) is 8.15. The van der Waals surface area contributed by atoms with Gasteiger partial charge in [-0.2, -0.15) is 0 Å². The lowest BCUT2D eigenvalue weighted by Gasteiger charge is -2.13. The van der Waals surface area contributed by atoms with Gasteiger partial charge in [-0.05, 0) is 74.4 Å². The second kappa shape index (κ2) is 9.25. The van der Waals surface area contributed by atoms with Crippen molar-refractivity contribution in [3.05, 3.63) is 86.0 Å². The molecular formula is C24H22ClN3O4S2. The van der Waals surface area contributed by atoms with Crippen molar-refractivity contribution in [1.82, 2.24) is 4.57 Å². The summed E-state index contributed by atoms with van der Waals surface area (Å²) < 4.78 is 31.1. The van der Waals surface area contributed by atoms with Crippen LogP contribution in [0.25, 0.3) is 10.2 Å². The first-order valence-electron chi connectivity index (χ1n) is 10.4. The van der Waals surface area contributed by atoms with Crippen LogP contribution in [0.5, 0.6) is 0 Å². The van der Waals surface area contributed by atoms with E-state index in [2.05, 4.69) is 10.0 Å². The second-order valence-electron chi connectivity index (χ2n) is 7.82. The molecule has 1 amide bonds. The molecule has 4 rings (SSSR count). The van der Waals surface area contributed by atoms with Crippen molar-refractivity contribution in [2.45, 2.75) is 32.2 Å². The number of thiazole rings is 1. The number of sulfonamides is 1. The highest BCUT2D eigenvalue weighted by Gasteiger charge is 2.21. The van der Waals surface area contributed by atoms with Crippen molar-refractivity contribution in [1.29, 1.82) is 0 Å². The topological polar surface area (TPSA) is 97.3 Å². The van der Waals surface area contributed by atoms with Gasteiger partial charge in [0.05, 0.1) is 20.9 Å². The van der Waals surface area contributed by atoms with Crippen molar-refractivity contribution in [2.24, 2.45) is 0 Å². The van der Waals surface area contributed by atoms with Crippen molar-refractivity contribution < 1.29 is 13.2 Å². The van der Waals surface area contributed by atoms with Gasteiger partial charge in [0, 0.05) is 17.8 Å². The molecule has 0 spiro atoms. The Morgan fingerprint density at radius 1 is 1.06 bits per heavy atom. The third kappa shape index (κ3) is 4.72. The summed E-state index contributed by atoms with van der Waals surface area (Å²) in [6, 6.07) is 14.7. The van der Waals surface area contributed by atoms with E-state index in [9.17, 15) is 18.0 Å². The van der Waals surface area contributed by atoms with Crippen molar-refractivity contribution in [3.63, 3.8) is 0 Å². The molecule has 2 N–H and O–H groups in total. The van der Waals surface area contributed by atoms with Gasteiger partial charge < -0.3 is 5.32 Å². The van der Waals surface area contributed by atoms with E-state index in [-0.39, 0.29) is 20.4 Å². The number of halogens is 1. The number of nitrogens with one attached hydrogen (secondary N) is 2. The van der Waals surface area contributed by atoms with E-state index in [4.69, 9.17) is 11.6 Å². The molecule has 0 aliphatic carbocycles. The molecule has 0 saturated carbocycles.